The number of hydrogen-bond acceptors (Lipinski definition) is 7. The number of nitrogens with zero attached hydrogens (tertiary/aromatic N) is 1. The first-order valence-electron chi connectivity index (χ1n) is 15.8. The number of aliphatic hydroxyl groups excluding tert-OH is 1. The van der Waals surface area contributed by atoms with Crippen LogP contribution in [0.3, 0.4) is 0 Å². The number of benzene rings is 3. The Labute approximate surface area is 270 Å². The number of carbonyl (C=O) groups excluding carboxylic acids is 4. The van der Waals surface area contributed by atoms with Crippen LogP contribution in [0.2, 0.25) is 0 Å². The summed E-state index contributed by atoms with van der Waals surface area (Å²) >= 11 is 0. The molecule has 1 fully saturated rings. The molecule has 3 aromatic carbocycles. The summed E-state index contributed by atoms with van der Waals surface area (Å²) < 4.78 is 5.79. The molecular weight excluding hydrogens is 584 g/mol. The third kappa shape index (κ3) is 8.10. The lowest BCUT2D eigenvalue weighted by Gasteiger charge is -2.35. The molecule has 0 bridgehead atoms. The Bertz CT molecular complexity index is 1550. The summed E-state index contributed by atoms with van der Waals surface area (Å²) in [6.07, 6.45) is -0.558. The van der Waals surface area contributed by atoms with Crippen molar-refractivity contribution in [3.63, 3.8) is 0 Å². The molecule has 1 aliphatic rings. The van der Waals surface area contributed by atoms with Crippen LogP contribution in [0.25, 0.3) is 10.8 Å². The lowest BCUT2D eigenvalue weighted by molar-refractivity contribution is -0.148. The van der Waals surface area contributed by atoms with Crippen molar-refractivity contribution in [2.45, 2.75) is 83.1 Å². The number of ketones is 1. The van der Waals surface area contributed by atoms with E-state index in [0.29, 0.717) is 25.1 Å². The molecule has 246 valence electrons. The number of ether oxygens (including phenoxy) is 1. The van der Waals surface area contributed by atoms with E-state index in [4.69, 9.17) is 10.5 Å². The standard InChI is InChI=1S/C36H46N4O6/c1-23(2)36(37,30(41)22-46-27-18-17-25-14-9-10-15-26(25)21-27)34(45)38-28(20-24-12-7-6-8-13-24)31(42)33(44)40-19-11-16-29(40)32(43)39-35(3,4)5/h6-10,12-15,17-18,21,23,28-29,31,42H,11,16,19-20,22,37H2,1-5H3,(H,38,45)(H,39,43)/t28-,29-,31-,36+/m0/s1. The van der Waals surface area contributed by atoms with Crippen molar-refractivity contribution in [3.8, 4) is 5.75 Å². The fourth-order valence-electron chi connectivity index (χ4n) is 5.73. The molecule has 4 atom stereocenters. The van der Waals surface area contributed by atoms with Gasteiger partial charge in [-0.25, -0.2) is 0 Å². The molecule has 0 aliphatic carbocycles. The van der Waals surface area contributed by atoms with E-state index in [0.717, 1.165) is 16.3 Å². The van der Waals surface area contributed by atoms with Crippen LogP contribution < -0.4 is 21.1 Å². The third-order valence-corrected chi connectivity index (χ3v) is 8.42. The largest absolute Gasteiger partial charge is 0.486 e. The van der Waals surface area contributed by atoms with Gasteiger partial charge in [-0.1, -0.05) is 74.5 Å². The van der Waals surface area contributed by atoms with Gasteiger partial charge >= 0.3 is 0 Å². The maximum atomic E-state index is 13.9. The summed E-state index contributed by atoms with van der Waals surface area (Å²) in [5, 5.41) is 19.1. The van der Waals surface area contributed by atoms with E-state index in [2.05, 4.69) is 10.6 Å². The zero-order valence-corrected chi connectivity index (χ0v) is 27.3. The van der Waals surface area contributed by atoms with Gasteiger partial charge in [0.05, 0.1) is 6.04 Å². The summed E-state index contributed by atoms with van der Waals surface area (Å²) in [6.45, 7) is 8.72. The summed E-state index contributed by atoms with van der Waals surface area (Å²) in [4.78, 5) is 55.6. The van der Waals surface area contributed by atoms with Gasteiger partial charge in [-0.15, -0.1) is 0 Å². The van der Waals surface area contributed by atoms with E-state index < -0.39 is 59.4 Å². The normalized spacial score (nSPS) is 17.7. The summed E-state index contributed by atoms with van der Waals surface area (Å²) in [5.74, 6) is -2.64. The molecule has 10 nitrogen and oxygen atoms in total. The van der Waals surface area contributed by atoms with Crippen molar-refractivity contribution in [3.05, 3.63) is 78.4 Å². The lowest BCUT2D eigenvalue weighted by Crippen LogP contribution is -2.67. The smallest absolute Gasteiger partial charge is 0.254 e. The van der Waals surface area contributed by atoms with Crippen LogP contribution in [-0.2, 0) is 25.6 Å². The molecule has 46 heavy (non-hydrogen) atoms. The molecule has 0 unspecified atom stereocenters. The summed E-state index contributed by atoms with van der Waals surface area (Å²) in [7, 11) is 0. The Morgan fingerprint density at radius 2 is 1.63 bits per heavy atom. The first kappa shape index (κ1) is 34.6. The Kier molecular flexibility index (Phi) is 10.9. The van der Waals surface area contributed by atoms with E-state index in [1.165, 1.54) is 4.90 Å². The molecule has 1 saturated heterocycles. The van der Waals surface area contributed by atoms with Crippen molar-refractivity contribution in [2.75, 3.05) is 13.2 Å². The highest BCUT2D eigenvalue weighted by molar-refractivity contribution is 6.11. The van der Waals surface area contributed by atoms with Crippen molar-refractivity contribution in [1.29, 1.82) is 0 Å². The minimum absolute atomic E-state index is 0.0855. The highest BCUT2D eigenvalue weighted by atomic mass is 16.5. The maximum Gasteiger partial charge on any atom is 0.254 e. The van der Waals surface area contributed by atoms with Crippen molar-refractivity contribution < 1.29 is 29.0 Å². The molecule has 0 aromatic heterocycles. The maximum absolute atomic E-state index is 13.9. The Hall–Kier alpha value is -4.28. The van der Waals surface area contributed by atoms with Crippen molar-refractivity contribution in [2.24, 2.45) is 11.7 Å². The molecule has 3 amide bonds. The number of likely N-dealkylation sites (tertiary alicyclic amines) is 1. The molecule has 0 radical (unpaired) electrons. The van der Waals surface area contributed by atoms with E-state index in [1.54, 1.807) is 19.9 Å². The number of carbonyl (C=O) groups is 4. The summed E-state index contributed by atoms with van der Waals surface area (Å²) in [6, 6.07) is 20.4. The van der Waals surface area contributed by atoms with Crippen LogP contribution in [0.15, 0.2) is 72.8 Å². The molecule has 10 heteroatoms. The molecule has 3 aromatic rings. The second-order valence-electron chi connectivity index (χ2n) is 13.4. The monoisotopic (exact) mass is 630 g/mol. The van der Waals surface area contributed by atoms with Crippen LogP contribution in [0.4, 0.5) is 0 Å². The van der Waals surface area contributed by atoms with Crippen LogP contribution >= 0.6 is 0 Å². The SMILES string of the molecule is CC(C)[C@@](N)(C(=O)COc1ccc2ccccc2c1)C(=O)N[C@@H](Cc1ccccc1)[C@H](O)C(=O)N1CCC[C@H]1C(=O)NC(C)(C)C. The van der Waals surface area contributed by atoms with Crippen LogP contribution in [0, 0.1) is 5.92 Å². The molecule has 0 saturated carbocycles. The minimum Gasteiger partial charge on any atom is -0.486 e. The van der Waals surface area contributed by atoms with Crippen LogP contribution in [0.5, 0.6) is 5.75 Å². The number of fused-ring (bicyclic) bond motifs is 1. The third-order valence-electron chi connectivity index (χ3n) is 8.42. The summed E-state index contributed by atoms with van der Waals surface area (Å²) in [5.41, 5.74) is 4.81. The Morgan fingerprint density at radius 1 is 0.978 bits per heavy atom. The topological polar surface area (TPSA) is 151 Å². The first-order valence-corrected chi connectivity index (χ1v) is 15.8. The van der Waals surface area contributed by atoms with E-state index >= 15 is 0 Å². The molecule has 1 heterocycles. The van der Waals surface area contributed by atoms with Gasteiger partial charge in [0.2, 0.25) is 11.8 Å². The van der Waals surface area contributed by atoms with Crippen LogP contribution in [0.1, 0.15) is 53.0 Å². The molecule has 1 aliphatic heterocycles. The van der Waals surface area contributed by atoms with Gasteiger partial charge in [-0.05, 0) is 74.4 Å². The number of Topliss-reactive ketones (excluding diaryl/α,β-unsaturated/α-hetero) is 1. The van der Waals surface area contributed by atoms with Gasteiger partial charge in [-0.3, -0.25) is 19.2 Å². The quantitative estimate of drug-likeness (QED) is 0.225. The zero-order valence-electron chi connectivity index (χ0n) is 27.3. The van der Waals surface area contributed by atoms with Crippen molar-refractivity contribution >= 4 is 34.3 Å². The average molecular weight is 631 g/mol. The average Bonchev–Trinajstić information content (AvgIpc) is 3.52. The Morgan fingerprint density at radius 3 is 2.28 bits per heavy atom. The van der Waals surface area contributed by atoms with E-state index in [-0.39, 0.29) is 12.3 Å². The highest BCUT2D eigenvalue weighted by Crippen LogP contribution is 2.24. The number of aliphatic hydroxyl groups is 1. The van der Waals surface area contributed by atoms with Gasteiger partial charge in [0.1, 0.15) is 18.4 Å². The van der Waals surface area contributed by atoms with Crippen LogP contribution in [-0.4, -0.2) is 75.9 Å². The predicted molar refractivity (Wildman–Crippen MR) is 177 cm³/mol. The number of rotatable bonds is 12. The van der Waals surface area contributed by atoms with Gasteiger partial charge in [0, 0.05) is 12.1 Å². The Balaban J connectivity index is 1.53. The van der Waals surface area contributed by atoms with E-state index in [9.17, 15) is 24.3 Å². The van der Waals surface area contributed by atoms with Gasteiger partial charge in [0.15, 0.2) is 17.4 Å². The fourth-order valence-corrected chi connectivity index (χ4v) is 5.73. The molecule has 5 N–H and O–H groups in total. The number of nitrogens with two attached hydrogens (primary N) is 1. The number of hydrogen-bond donors (Lipinski definition) is 4. The number of amides is 3. The predicted octanol–water partition coefficient (Wildman–Crippen LogP) is 3.14. The highest BCUT2D eigenvalue weighted by Gasteiger charge is 2.47. The lowest BCUT2D eigenvalue weighted by atomic mass is 9.82. The van der Waals surface area contributed by atoms with Crippen molar-refractivity contribution in [1.82, 2.24) is 15.5 Å². The number of nitrogens with one attached hydrogen (secondary N) is 2. The van der Waals surface area contributed by atoms with Gasteiger partial charge in [-0.2, -0.15) is 0 Å². The van der Waals surface area contributed by atoms with E-state index in [1.807, 2.05) is 87.5 Å². The van der Waals surface area contributed by atoms with Gasteiger partial charge < -0.3 is 31.1 Å². The fraction of sp³-hybridized carbons (Fsp3) is 0.444. The second kappa shape index (κ2) is 14.4. The molecular formula is C36H46N4O6. The minimum atomic E-state index is -2.02. The first-order chi connectivity index (χ1) is 21.7. The second-order valence-corrected chi connectivity index (χ2v) is 13.4. The molecule has 4 rings (SSSR count). The van der Waals surface area contributed by atoms with Gasteiger partial charge in [0.25, 0.3) is 5.91 Å². The molecule has 0 spiro atoms. The zero-order chi connectivity index (χ0) is 33.6.